The first-order valence-corrected chi connectivity index (χ1v) is 3.11. The van der Waals surface area contributed by atoms with Crippen molar-refractivity contribution in [1.82, 2.24) is 0 Å². The minimum Gasteiger partial charge on any atom is -0.400 e. The van der Waals surface area contributed by atoms with Gasteiger partial charge in [-0.2, -0.15) is 0 Å². The Hall–Kier alpha value is 0.114. The van der Waals surface area contributed by atoms with Gasteiger partial charge in [-0.1, -0.05) is 23.8 Å². The van der Waals surface area contributed by atoms with E-state index in [4.69, 9.17) is 10.2 Å². The van der Waals surface area contributed by atoms with E-state index in [1.807, 2.05) is 0 Å². The van der Waals surface area contributed by atoms with Crippen molar-refractivity contribution in [3.8, 4) is 0 Å². The molecule has 0 saturated heterocycles. The van der Waals surface area contributed by atoms with Crippen molar-refractivity contribution in [2.45, 2.75) is 13.3 Å². The van der Waals surface area contributed by atoms with Gasteiger partial charge < -0.3 is 10.2 Å². The van der Waals surface area contributed by atoms with Gasteiger partial charge in [-0.3, -0.25) is 0 Å². The van der Waals surface area contributed by atoms with E-state index < -0.39 is 0 Å². The standard InChI is InChI=1S/C6H8.2CH4O.Ti/c1-6-4-2-3-5-6;2*1-2;/h2-4H,5H2,1H3;2*2H,1H3;. The topological polar surface area (TPSA) is 40.5 Å². The fourth-order valence-electron chi connectivity index (χ4n) is 0.554. The second-order valence-electron chi connectivity index (χ2n) is 1.65. The largest absolute Gasteiger partial charge is 0.400 e. The maximum Gasteiger partial charge on any atom is 0.0319 e. The molecule has 0 fully saturated rings. The van der Waals surface area contributed by atoms with Gasteiger partial charge in [-0.25, -0.2) is 0 Å². The quantitative estimate of drug-likeness (QED) is 0.564. The minimum atomic E-state index is 0. The number of allylic oxidation sites excluding steroid dienone is 4. The summed E-state index contributed by atoms with van der Waals surface area (Å²) in [6, 6.07) is 0. The van der Waals surface area contributed by atoms with Gasteiger partial charge in [-0.15, -0.1) is 0 Å². The summed E-state index contributed by atoms with van der Waals surface area (Å²) in [5, 5.41) is 14.0. The van der Waals surface area contributed by atoms with Gasteiger partial charge in [-0.05, 0) is 13.3 Å². The molecule has 0 saturated carbocycles. The molecule has 0 bridgehead atoms. The van der Waals surface area contributed by atoms with Crippen molar-refractivity contribution in [3.63, 3.8) is 0 Å². The normalized spacial score (nSPS) is 11.2. The van der Waals surface area contributed by atoms with E-state index in [9.17, 15) is 0 Å². The first kappa shape index (κ1) is 17.3. The second kappa shape index (κ2) is 16.6. The molecule has 0 aliphatic heterocycles. The van der Waals surface area contributed by atoms with E-state index in [0.717, 1.165) is 14.2 Å². The Morgan fingerprint density at radius 3 is 1.73 bits per heavy atom. The van der Waals surface area contributed by atoms with Crippen LogP contribution in [0.2, 0.25) is 0 Å². The molecule has 0 unspecified atom stereocenters. The van der Waals surface area contributed by atoms with E-state index >= 15 is 0 Å². The van der Waals surface area contributed by atoms with Crippen LogP contribution in [0, 0.1) is 0 Å². The summed E-state index contributed by atoms with van der Waals surface area (Å²) in [6.45, 7) is 2.14. The predicted octanol–water partition coefficient (Wildman–Crippen LogP) is 1.11. The van der Waals surface area contributed by atoms with Crippen molar-refractivity contribution < 1.29 is 31.9 Å². The molecule has 2 N–H and O–H groups in total. The molecule has 1 aliphatic rings. The smallest absolute Gasteiger partial charge is 0.0319 e. The maximum absolute atomic E-state index is 7.00. The van der Waals surface area contributed by atoms with Crippen LogP contribution < -0.4 is 0 Å². The number of aliphatic hydroxyl groups excluding tert-OH is 2. The Morgan fingerprint density at radius 2 is 1.64 bits per heavy atom. The van der Waals surface area contributed by atoms with Crippen LogP contribution in [0.1, 0.15) is 13.3 Å². The molecule has 0 spiro atoms. The zero-order valence-electron chi connectivity index (χ0n) is 7.33. The second-order valence-corrected chi connectivity index (χ2v) is 1.65. The van der Waals surface area contributed by atoms with E-state index in [0.29, 0.717) is 0 Å². The first-order valence-electron chi connectivity index (χ1n) is 3.11. The van der Waals surface area contributed by atoms with E-state index in [2.05, 4.69) is 25.2 Å². The van der Waals surface area contributed by atoms with E-state index in [1.54, 1.807) is 0 Å². The van der Waals surface area contributed by atoms with Crippen molar-refractivity contribution in [2.75, 3.05) is 14.2 Å². The Kier molecular flexibility index (Phi) is 26.1. The van der Waals surface area contributed by atoms with Gasteiger partial charge in [0.25, 0.3) is 0 Å². The van der Waals surface area contributed by atoms with Gasteiger partial charge in [0, 0.05) is 35.9 Å². The van der Waals surface area contributed by atoms with Gasteiger partial charge >= 0.3 is 0 Å². The van der Waals surface area contributed by atoms with Crippen LogP contribution in [0.25, 0.3) is 0 Å². The van der Waals surface area contributed by atoms with Crippen LogP contribution in [-0.4, -0.2) is 24.4 Å². The fourth-order valence-corrected chi connectivity index (χ4v) is 0.554. The zero-order valence-corrected chi connectivity index (χ0v) is 8.90. The molecule has 0 aromatic carbocycles. The molecule has 1 rings (SSSR count). The molecule has 2 nitrogen and oxygen atoms in total. The van der Waals surface area contributed by atoms with Crippen molar-refractivity contribution in [3.05, 3.63) is 23.8 Å². The molecule has 0 amide bonds. The SMILES string of the molecule is CC1=CC=CC1.CO.CO.[Ti]. The summed E-state index contributed by atoms with van der Waals surface area (Å²) in [5.41, 5.74) is 1.47. The van der Waals surface area contributed by atoms with Crippen molar-refractivity contribution >= 4 is 0 Å². The molecule has 3 heteroatoms. The third-order valence-corrected chi connectivity index (χ3v) is 0.957. The average Bonchev–Trinajstić information content (AvgIpc) is 2.48. The first-order chi connectivity index (χ1) is 4.89. The van der Waals surface area contributed by atoms with E-state index in [1.165, 1.54) is 12.0 Å². The summed E-state index contributed by atoms with van der Waals surface area (Å²) in [5.74, 6) is 0. The van der Waals surface area contributed by atoms with Crippen LogP contribution in [0.4, 0.5) is 0 Å². The van der Waals surface area contributed by atoms with Crippen LogP contribution >= 0.6 is 0 Å². The summed E-state index contributed by atoms with van der Waals surface area (Å²) in [6.07, 6.45) is 7.56. The van der Waals surface area contributed by atoms with Crippen LogP contribution in [0.5, 0.6) is 0 Å². The molecule has 0 atom stereocenters. The van der Waals surface area contributed by atoms with Crippen LogP contribution in [-0.2, 0) is 21.7 Å². The molecular weight excluding hydrogens is 176 g/mol. The Balaban J connectivity index is -0.000000114. The van der Waals surface area contributed by atoms with E-state index in [-0.39, 0.29) is 21.7 Å². The minimum absolute atomic E-state index is 0. The third kappa shape index (κ3) is 13.2. The van der Waals surface area contributed by atoms with Crippen LogP contribution in [0.15, 0.2) is 23.8 Å². The molecule has 0 heterocycles. The van der Waals surface area contributed by atoms with Gasteiger partial charge in [0.05, 0.1) is 0 Å². The number of hydrogen-bond donors (Lipinski definition) is 2. The maximum atomic E-state index is 7.00. The monoisotopic (exact) mass is 192 g/mol. The van der Waals surface area contributed by atoms with Gasteiger partial charge in [0.2, 0.25) is 0 Å². The van der Waals surface area contributed by atoms with Gasteiger partial charge in [0.1, 0.15) is 0 Å². The molecule has 0 aromatic heterocycles. The summed E-state index contributed by atoms with van der Waals surface area (Å²) >= 11 is 0. The summed E-state index contributed by atoms with van der Waals surface area (Å²) in [7, 11) is 2.00. The van der Waals surface area contributed by atoms with Gasteiger partial charge in [0.15, 0.2) is 0 Å². The summed E-state index contributed by atoms with van der Waals surface area (Å²) in [4.78, 5) is 0. The van der Waals surface area contributed by atoms with Crippen LogP contribution in [0.3, 0.4) is 0 Å². The molecule has 0 aromatic rings. The molecule has 0 radical (unpaired) electrons. The molecule has 1 aliphatic carbocycles. The predicted molar refractivity (Wildman–Crippen MR) is 43.8 cm³/mol. The zero-order chi connectivity index (χ0) is 8.41. The number of rotatable bonds is 0. The Bertz CT molecular complexity index is 109. The molecular formula is C8H16O2Ti. The van der Waals surface area contributed by atoms with Crippen molar-refractivity contribution in [2.24, 2.45) is 0 Å². The number of aliphatic hydroxyl groups is 2. The third-order valence-electron chi connectivity index (χ3n) is 0.957. The Labute approximate surface area is 83.5 Å². The summed E-state index contributed by atoms with van der Waals surface area (Å²) < 4.78 is 0. The average molecular weight is 192 g/mol. The molecule has 11 heavy (non-hydrogen) atoms. The molecule has 64 valence electrons. The fraction of sp³-hybridized carbons (Fsp3) is 0.500. The Morgan fingerprint density at radius 1 is 1.18 bits per heavy atom. The van der Waals surface area contributed by atoms with Crippen molar-refractivity contribution in [1.29, 1.82) is 0 Å². The number of hydrogen-bond acceptors (Lipinski definition) is 2.